The van der Waals surface area contributed by atoms with E-state index in [9.17, 15) is 13.2 Å². The molecule has 24 heavy (non-hydrogen) atoms. The Morgan fingerprint density at radius 1 is 1.33 bits per heavy atom. The van der Waals surface area contributed by atoms with Crippen molar-refractivity contribution < 1.29 is 17.9 Å². The Kier molecular flexibility index (Phi) is 6.08. The van der Waals surface area contributed by atoms with Crippen LogP contribution in [-0.2, 0) is 19.6 Å². The fraction of sp³-hybridized carbons (Fsp3) is 0.533. The van der Waals surface area contributed by atoms with Gasteiger partial charge in [0.05, 0.1) is 24.2 Å². The van der Waals surface area contributed by atoms with Crippen LogP contribution in [0.3, 0.4) is 0 Å². The number of anilines is 2. The smallest absolute Gasteiger partial charge is 0.244 e. The maximum Gasteiger partial charge on any atom is 0.244 e. The van der Waals surface area contributed by atoms with Crippen LogP contribution in [0.2, 0.25) is 0 Å². The molecule has 0 aliphatic carbocycles. The number of hydrogen-bond donors (Lipinski definition) is 2. The summed E-state index contributed by atoms with van der Waals surface area (Å²) < 4.78 is 30.7. The highest BCUT2D eigenvalue weighted by atomic mass is 35.5. The SMILES string of the molecule is C[C@H]1OCCN[C@@H]1C(=O)Nc1ccc(N2CCCS2(=O)=O)cc1.Cl. The molecule has 2 aliphatic rings. The first-order chi connectivity index (χ1) is 11.0. The molecule has 0 unspecified atom stereocenters. The molecule has 1 aromatic carbocycles. The lowest BCUT2D eigenvalue weighted by molar-refractivity contribution is -0.123. The minimum atomic E-state index is -3.18. The number of rotatable bonds is 3. The van der Waals surface area contributed by atoms with Crippen LogP contribution in [0.15, 0.2) is 24.3 Å². The van der Waals surface area contributed by atoms with Crippen molar-refractivity contribution in [3.05, 3.63) is 24.3 Å². The monoisotopic (exact) mass is 375 g/mol. The first-order valence-electron chi connectivity index (χ1n) is 7.74. The number of halogens is 1. The number of nitrogens with one attached hydrogen (secondary N) is 2. The third-order valence-corrected chi connectivity index (χ3v) is 5.99. The molecule has 0 spiro atoms. The van der Waals surface area contributed by atoms with Gasteiger partial charge in [-0.15, -0.1) is 12.4 Å². The lowest BCUT2D eigenvalue weighted by Gasteiger charge is -2.29. The molecule has 2 saturated heterocycles. The maximum atomic E-state index is 12.3. The minimum Gasteiger partial charge on any atom is -0.375 e. The van der Waals surface area contributed by atoms with Crippen molar-refractivity contribution in [1.29, 1.82) is 0 Å². The quantitative estimate of drug-likeness (QED) is 0.821. The Labute approximate surface area is 148 Å². The highest BCUT2D eigenvalue weighted by molar-refractivity contribution is 7.93. The molecule has 0 radical (unpaired) electrons. The molecule has 1 amide bonds. The summed E-state index contributed by atoms with van der Waals surface area (Å²) in [7, 11) is -3.18. The zero-order valence-electron chi connectivity index (χ0n) is 13.4. The van der Waals surface area contributed by atoms with Crippen LogP contribution in [0, 0.1) is 0 Å². The van der Waals surface area contributed by atoms with Crippen molar-refractivity contribution in [2.24, 2.45) is 0 Å². The topological polar surface area (TPSA) is 87.7 Å². The van der Waals surface area contributed by atoms with Gasteiger partial charge in [0.25, 0.3) is 0 Å². The molecule has 9 heteroatoms. The lowest BCUT2D eigenvalue weighted by atomic mass is 10.1. The van der Waals surface area contributed by atoms with Crippen molar-refractivity contribution in [1.82, 2.24) is 5.32 Å². The van der Waals surface area contributed by atoms with E-state index in [-0.39, 0.29) is 36.2 Å². The second kappa shape index (κ2) is 7.69. The van der Waals surface area contributed by atoms with Crippen LogP contribution in [0.4, 0.5) is 11.4 Å². The Balaban J connectivity index is 0.00000208. The number of carbonyl (C=O) groups excluding carboxylic acids is 1. The van der Waals surface area contributed by atoms with E-state index in [1.165, 1.54) is 4.31 Å². The molecule has 1 aromatic rings. The third kappa shape index (κ3) is 4.00. The van der Waals surface area contributed by atoms with Gasteiger partial charge in [-0.25, -0.2) is 8.42 Å². The third-order valence-electron chi connectivity index (χ3n) is 4.12. The Hall–Kier alpha value is -1.35. The lowest BCUT2D eigenvalue weighted by Crippen LogP contribution is -2.53. The summed E-state index contributed by atoms with van der Waals surface area (Å²) in [4.78, 5) is 12.3. The van der Waals surface area contributed by atoms with E-state index in [1.807, 2.05) is 6.92 Å². The first-order valence-corrected chi connectivity index (χ1v) is 9.35. The van der Waals surface area contributed by atoms with Crippen LogP contribution >= 0.6 is 12.4 Å². The van der Waals surface area contributed by atoms with E-state index in [2.05, 4.69) is 10.6 Å². The number of carbonyl (C=O) groups is 1. The fourth-order valence-electron chi connectivity index (χ4n) is 2.89. The summed E-state index contributed by atoms with van der Waals surface area (Å²) in [5.74, 6) is 0.0373. The molecule has 3 rings (SSSR count). The minimum absolute atomic E-state index is 0. The standard InChI is InChI=1S/C15H21N3O4S.ClH/c1-11-14(16-7-9-22-11)15(19)17-12-3-5-13(6-4-12)18-8-2-10-23(18,20)21;/h3-6,11,14,16H,2,7-10H2,1H3,(H,17,19);1H/t11-,14+;/m1./s1. The maximum absolute atomic E-state index is 12.3. The van der Waals surface area contributed by atoms with Gasteiger partial charge in [0.2, 0.25) is 15.9 Å². The Morgan fingerprint density at radius 2 is 2.04 bits per heavy atom. The van der Waals surface area contributed by atoms with E-state index < -0.39 is 10.0 Å². The molecule has 7 nitrogen and oxygen atoms in total. The molecule has 0 aromatic heterocycles. The molecule has 2 N–H and O–H groups in total. The van der Waals surface area contributed by atoms with Gasteiger partial charge in [0.1, 0.15) is 6.04 Å². The van der Waals surface area contributed by atoms with Gasteiger partial charge in [-0.1, -0.05) is 0 Å². The number of nitrogens with zero attached hydrogens (tertiary/aromatic N) is 1. The molecule has 2 atom stereocenters. The average Bonchev–Trinajstić information content (AvgIpc) is 2.88. The van der Waals surface area contributed by atoms with Crippen molar-refractivity contribution in [2.45, 2.75) is 25.5 Å². The molecule has 134 valence electrons. The summed E-state index contributed by atoms with van der Waals surface area (Å²) in [5.41, 5.74) is 1.27. The van der Waals surface area contributed by atoms with Crippen LogP contribution in [-0.4, -0.2) is 51.9 Å². The van der Waals surface area contributed by atoms with Crippen molar-refractivity contribution >= 4 is 39.7 Å². The number of benzene rings is 1. The van der Waals surface area contributed by atoms with Gasteiger partial charge in [-0.2, -0.15) is 0 Å². The molecule has 2 aliphatic heterocycles. The summed E-state index contributed by atoms with van der Waals surface area (Å²) in [5, 5.41) is 5.96. The Morgan fingerprint density at radius 3 is 2.62 bits per heavy atom. The number of hydrogen-bond acceptors (Lipinski definition) is 5. The zero-order chi connectivity index (χ0) is 16.4. The zero-order valence-corrected chi connectivity index (χ0v) is 15.0. The molecule has 0 saturated carbocycles. The van der Waals surface area contributed by atoms with Gasteiger partial charge in [-0.3, -0.25) is 9.10 Å². The van der Waals surface area contributed by atoms with Crippen molar-refractivity contribution in [2.75, 3.05) is 35.1 Å². The fourth-order valence-corrected chi connectivity index (χ4v) is 4.45. The van der Waals surface area contributed by atoms with Crippen LogP contribution < -0.4 is 14.9 Å². The van der Waals surface area contributed by atoms with E-state index in [0.29, 0.717) is 37.5 Å². The summed E-state index contributed by atoms with van der Waals surface area (Å²) in [6, 6.07) is 6.48. The predicted molar refractivity (Wildman–Crippen MR) is 95.3 cm³/mol. The predicted octanol–water partition coefficient (Wildman–Crippen LogP) is 0.964. The highest BCUT2D eigenvalue weighted by Gasteiger charge is 2.29. The highest BCUT2D eigenvalue weighted by Crippen LogP contribution is 2.25. The molecule has 2 heterocycles. The van der Waals surface area contributed by atoms with Gasteiger partial charge in [0.15, 0.2) is 0 Å². The molecular weight excluding hydrogens is 354 g/mol. The normalized spacial score (nSPS) is 25.8. The second-order valence-corrected chi connectivity index (χ2v) is 7.80. The Bertz CT molecular complexity index is 680. The van der Waals surface area contributed by atoms with Gasteiger partial charge in [-0.05, 0) is 37.6 Å². The van der Waals surface area contributed by atoms with Gasteiger partial charge >= 0.3 is 0 Å². The van der Waals surface area contributed by atoms with Crippen molar-refractivity contribution in [3.63, 3.8) is 0 Å². The van der Waals surface area contributed by atoms with E-state index >= 15 is 0 Å². The second-order valence-electron chi connectivity index (χ2n) is 5.79. The number of ether oxygens (including phenoxy) is 1. The number of sulfonamides is 1. The first kappa shape index (κ1) is 19.0. The average molecular weight is 376 g/mol. The summed E-state index contributed by atoms with van der Waals surface area (Å²) in [6.07, 6.45) is 0.462. The van der Waals surface area contributed by atoms with E-state index in [1.54, 1.807) is 24.3 Å². The van der Waals surface area contributed by atoms with Crippen LogP contribution in [0.1, 0.15) is 13.3 Å². The molecule has 2 fully saturated rings. The molecule has 0 bridgehead atoms. The molecular formula is C15H22ClN3O4S. The summed E-state index contributed by atoms with van der Waals surface area (Å²) >= 11 is 0. The van der Waals surface area contributed by atoms with E-state index in [4.69, 9.17) is 4.74 Å². The van der Waals surface area contributed by atoms with Gasteiger partial charge in [0, 0.05) is 18.8 Å². The van der Waals surface area contributed by atoms with Gasteiger partial charge < -0.3 is 15.4 Å². The number of amides is 1. The largest absolute Gasteiger partial charge is 0.375 e. The van der Waals surface area contributed by atoms with Crippen LogP contribution in [0.25, 0.3) is 0 Å². The van der Waals surface area contributed by atoms with E-state index in [0.717, 1.165) is 0 Å². The number of morpholine rings is 1. The summed E-state index contributed by atoms with van der Waals surface area (Å²) in [6.45, 7) is 3.62. The van der Waals surface area contributed by atoms with Crippen LogP contribution in [0.5, 0.6) is 0 Å². The van der Waals surface area contributed by atoms with Crippen molar-refractivity contribution in [3.8, 4) is 0 Å².